The van der Waals surface area contributed by atoms with Crippen molar-refractivity contribution in [1.29, 1.82) is 0 Å². The van der Waals surface area contributed by atoms with Gasteiger partial charge in [0.2, 0.25) is 10.0 Å². The number of hydrogen-bond donors (Lipinski definition) is 0. The molecule has 27 heavy (non-hydrogen) atoms. The highest BCUT2D eigenvalue weighted by atomic mass is 32.2. The molecule has 0 heterocycles. The minimum absolute atomic E-state index is 0.214. The van der Waals surface area contributed by atoms with Gasteiger partial charge in [-0.3, -0.25) is 0 Å². The van der Waals surface area contributed by atoms with Crippen LogP contribution in [0.5, 0.6) is 0 Å². The molecule has 0 aliphatic carbocycles. The molecule has 0 bridgehead atoms. The van der Waals surface area contributed by atoms with Crippen LogP contribution in [0.25, 0.3) is 6.08 Å². The van der Waals surface area contributed by atoms with Crippen LogP contribution in [0.4, 0.5) is 0 Å². The van der Waals surface area contributed by atoms with Crippen molar-refractivity contribution in [3.8, 4) is 0 Å². The zero-order valence-electron chi connectivity index (χ0n) is 15.9. The summed E-state index contributed by atoms with van der Waals surface area (Å²) < 4.78 is 31.5. The first-order valence-electron chi connectivity index (χ1n) is 8.87. The molecule has 2 aromatic rings. The van der Waals surface area contributed by atoms with Crippen molar-refractivity contribution in [2.75, 3.05) is 13.1 Å². The topological polar surface area (TPSA) is 63.7 Å². The van der Waals surface area contributed by atoms with Gasteiger partial charge in [-0.1, -0.05) is 55.8 Å². The van der Waals surface area contributed by atoms with E-state index < -0.39 is 16.0 Å². The number of rotatable bonds is 8. The van der Waals surface area contributed by atoms with Gasteiger partial charge < -0.3 is 4.74 Å². The summed E-state index contributed by atoms with van der Waals surface area (Å²) >= 11 is 0. The first-order chi connectivity index (χ1) is 12.9. The third kappa shape index (κ3) is 5.77. The summed E-state index contributed by atoms with van der Waals surface area (Å²) in [6, 6.07) is 14.2. The summed E-state index contributed by atoms with van der Waals surface area (Å²) in [4.78, 5) is 12.1. The lowest BCUT2D eigenvalue weighted by molar-refractivity contribution is -0.138. The molecule has 0 aliphatic rings. The largest absolute Gasteiger partial charge is 0.458 e. The molecule has 2 rings (SSSR count). The van der Waals surface area contributed by atoms with Gasteiger partial charge in [0.25, 0.3) is 0 Å². The number of nitrogens with zero attached hydrogens (tertiary/aromatic N) is 1. The lowest BCUT2D eigenvalue weighted by atomic mass is 10.1. The molecule has 0 saturated heterocycles. The SMILES string of the molecule is CCN(CC)S(=O)(=O)c1ccc(/C=C/C(=O)OCc2cccc(C)c2)cc1. The van der Waals surface area contributed by atoms with E-state index in [1.54, 1.807) is 44.2 Å². The monoisotopic (exact) mass is 387 g/mol. The van der Waals surface area contributed by atoms with Crippen LogP contribution in [-0.4, -0.2) is 31.8 Å². The van der Waals surface area contributed by atoms with Crippen LogP contribution in [0.15, 0.2) is 59.5 Å². The minimum Gasteiger partial charge on any atom is -0.458 e. The molecular weight excluding hydrogens is 362 g/mol. The maximum absolute atomic E-state index is 12.4. The summed E-state index contributed by atoms with van der Waals surface area (Å²) in [6.45, 7) is 6.66. The fourth-order valence-electron chi connectivity index (χ4n) is 2.63. The van der Waals surface area contributed by atoms with E-state index in [0.29, 0.717) is 13.1 Å². The quantitative estimate of drug-likeness (QED) is 0.511. The Kier molecular flexibility index (Phi) is 7.33. The second-order valence-electron chi connectivity index (χ2n) is 6.09. The van der Waals surface area contributed by atoms with Crippen molar-refractivity contribution < 1.29 is 17.9 Å². The Morgan fingerprint density at radius 2 is 1.74 bits per heavy atom. The highest BCUT2D eigenvalue weighted by Gasteiger charge is 2.20. The molecule has 0 unspecified atom stereocenters. The van der Waals surface area contributed by atoms with Gasteiger partial charge in [-0.25, -0.2) is 13.2 Å². The van der Waals surface area contributed by atoms with E-state index >= 15 is 0 Å². The van der Waals surface area contributed by atoms with Crippen molar-refractivity contribution in [2.24, 2.45) is 0 Å². The molecule has 144 valence electrons. The molecule has 0 radical (unpaired) electrons. The summed E-state index contributed by atoms with van der Waals surface area (Å²) in [7, 11) is -3.47. The van der Waals surface area contributed by atoms with E-state index in [1.807, 2.05) is 31.2 Å². The molecular formula is C21H25NO4S. The Labute approximate surface area is 161 Å². The Hall–Kier alpha value is -2.44. The summed E-state index contributed by atoms with van der Waals surface area (Å²) in [5.74, 6) is -0.448. The molecule has 0 spiro atoms. The Bertz CT molecular complexity index is 898. The number of carbonyl (C=O) groups is 1. The third-order valence-corrected chi connectivity index (χ3v) is 6.16. The molecule has 0 fully saturated rings. The fraction of sp³-hybridized carbons (Fsp3) is 0.286. The molecule has 0 N–H and O–H groups in total. The molecule has 0 aliphatic heterocycles. The molecule has 0 amide bonds. The van der Waals surface area contributed by atoms with E-state index in [-0.39, 0.29) is 11.5 Å². The van der Waals surface area contributed by atoms with Crippen molar-refractivity contribution >= 4 is 22.1 Å². The average Bonchev–Trinajstić information content (AvgIpc) is 2.66. The number of ether oxygens (including phenoxy) is 1. The van der Waals surface area contributed by atoms with Gasteiger partial charge >= 0.3 is 5.97 Å². The van der Waals surface area contributed by atoms with E-state index in [4.69, 9.17) is 4.74 Å². The van der Waals surface area contributed by atoms with E-state index in [0.717, 1.165) is 16.7 Å². The second kappa shape index (κ2) is 9.48. The zero-order chi connectivity index (χ0) is 19.9. The van der Waals surface area contributed by atoms with Crippen LogP contribution >= 0.6 is 0 Å². The van der Waals surface area contributed by atoms with Gasteiger partial charge in [0.15, 0.2) is 0 Å². The summed E-state index contributed by atoms with van der Waals surface area (Å²) in [5.41, 5.74) is 2.77. The van der Waals surface area contributed by atoms with Crippen LogP contribution in [0, 0.1) is 6.92 Å². The Balaban J connectivity index is 1.98. The molecule has 0 aromatic heterocycles. The number of esters is 1. The van der Waals surface area contributed by atoms with E-state index in [2.05, 4.69) is 0 Å². The van der Waals surface area contributed by atoms with E-state index in [1.165, 1.54) is 10.4 Å². The predicted octanol–water partition coefficient (Wildman–Crippen LogP) is 3.78. The maximum Gasteiger partial charge on any atom is 0.331 e. The zero-order valence-corrected chi connectivity index (χ0v) is 16.7. The first kappa shape index (κ1) is 20.9. The number of sulfonamides is 1. The highest BCUT2D eigenvalue weighted by Crippen LogP contribution is 2.17. The molecule has 5 nitrogen and oxygen atoms in total. The smallest absolute Gasteiger partial charge is 0.331 e. The fourth-order valence-corrected chi connectivity index (χ4v) is 4.09. The second-order valence-corrected chi connectivity index (χ2v) is 8.03. The van der Waals surface area contributed by atoms with Gasteiger partial charge in [0.1, 0.15) is 6.61 Å². The van der Waals surface area contributed by atoms with Gasteiger partial charge in [0, 0.05) is 19.2 Å². The highest BCUT2D eigenvalue weighted by molar-refractivity contribution is 7.89. The number of carbonyl (C=O) groups excluding carboxylic acids is 1. The molecule has 0 atom stereocenters. The van der Waals surface area contributed by atoms with Crippen molar-refractivity contribution in [1.82, 2.24) is 4.31 Å². The van der Waals surface area contributed by atoms with E-state index in [9.17, 15) is 13.2 Å². The number of hydrogen-bond acceptors (Lipinski definition) is 4. The number of aryl methyl sites for hydroxylation is 1. The Morgan fingerprint density at radius 3 is 2.33 bits per heavy atom. The molecule has 2 aromatic carbocycles. The minimum atomic E-state index is -3.47. The summed E-state index contributed by atoms with van der Waals surface area (Å²) in [5, 5.41) is 0. The first-order valence-corrected chi connectivity index (χ1v) is 10.3. The Morgan fingerprint density at radius 1 is 1.07 bits per heavy atom. The normalized spacial score (nSPS) is 11.9. The van der Waals surface area contributed by atoms with Crippen molar-refractivity contribution in [3.63, 3.8) is 0 Å². The average molecular weight is 388 g/mol. The van der Waals surface area contributed by atoms with Gasteiger partial charge in [-0.15, -0.1) is 0 Å². The predicted molar refractivity (Wildman–Crippen MR) is 107 cm³/mol. The van der Waals surface area contributed by atoms with Crippen LogP contribution in [0.2, 0.25) is 0 Å². The molecule has 0 saturated carbocycles. The van der Waals surface area contributed by atoms with Crippen molar-refractivity contribution in [3.05, 3.63) is 71.3 Å². The molecule has 6 heteroatoms. The van der Waals surface area contributed by atoms with Crippen LogP contribution in [0.3, 0.4) is 0 Å². The third-order valence-electron chi connectivity index (χ3n) is 4.10. The van der Waals surface area contributed by atoms with Crippen LogP contribution in [0.1, 0.15) is 30.5 Å². The lowest BCUT2D eigenvalue weighted by Gasteiger charge is -2.18. The van der Waals surface area contributed by atoms with Crippen LogP contribution < -0.4 is 0 Å². The standard InChI is InChI=1S/C21H25NO4S/c1-4-22(5-2)27(24,25)20-12-9-18(10-13-20)11-14-21(23)26-16-19-8-6-7-17(3)15-19/h6-15H,4-5,16H2,1-3H3/b14-11+. The maximum atomic E-state index is 12.4. The van der Waals surface area contributed by atoms with Crippen molar-refractivity contribution in [2.45, 2.75) is 32.3 Å². The number of benzene rings is 2. The van der Waals surface area contributed by atoms with Crippen LogP contribution in [-0.2, 0) is 26.2 Å². The van der Waals surface area contributed by atoms with Gasteiger partial charge in [0.05, 0.1) is 4.90 Å². The summed E-state index contributed by atoms with van der Waals surface area (Å²) in [6.07, 6.45) is 2.94. The van der Waals surface area contributed by atoms with Gasteiger partial charge in [-0.2, -0.15) is 4.31 Å². The van der Waals surface area contributed by atoms with Gasteiger partial charge in [-0.05, 0) is 36.3 Å². The lowest BCUT2D eigenvalue weighted by Crippen LogP contribution is -2.30.